The Morgan fingerprint density at radius 3 is 2.64 bits per heavy atom. The van der Waals surface area contributed by atoms with Gasteiger partial charge in [0.2, 0.25) is 0 Å². The zero-order valence-electron chi connectivity index (χ0n) is 10.3. The number of hydrogen-bond acceptors (Lipinski definition) is 2. The molecule has 84 valence electrons. The summed E-state index contributed by atoms with van der Waals surface area (Å²) in [6.07, 6.45) is 4.02. The Morgan fingerprint density at radius 2 is 2.07 bits per heavy atom. The largest absolute Gasteiger partial charge is 0.316 e. The summed E-state index contributed by atoms with van der Waals surface area (Å²) >= 11 is 0. The summed E-state index contributed by atoms with van der Waals surface area (Å²) in [4.78, 5) is 2.61. The molecule has 1 aliphatic rings. The van der Waals surface area contributed by atoms with Crippen molar-refractivity contribution in [3.63, 3.8) is 0 Å². The van der Waals surface area contributed by atoms with Gasteiger partial charge in [0, 0.05) is 12.6 Å². The van der Waals surface area contributed by atoms with E-state index in [0.29, 0.717) is 5.41 Å². The zero-order valence-corrected chi connectivity index (χ0v) is 10.3. The van der Waals surface area contributed by atoms with Gasteiger partial charge in [0.15, 0.2) is 0 Å². The van der Waals surface area contributed by atoms with E-state index < -0.39 is 0 Å². The van der Waals surface area contributed by atoms with E-state index >= 15 is 0 Å². The summed E-state index contributed by atoms with van der Waals surface area (Å²) in [5.41, 5.74) is 0.479. The van der Waals surface area contributed by atoms with Crippen molar-refractivity contribution in [1.29, 1.82) is 0 Å². The van der Waals surface area contributed by atoms with Gasteiger partial charge in [-0.25, -0.2) is 0 Å². The Labute approximate surface area is 89.1 Å². The van der Waals surface area contributed by atoms with E-state index in [0.717, 1.165) is 6.04 Å². The molecule has 1 unspecified atom stereocenters. The van der Waals surface area contributed by atoms with E-state index in [-0.39, 0.29) is 0 Å². The fourth-order valence-corrected chi connectivity index (χ4v) is 1.99. The van der Waals surface area contributed by atoms with Crippen LogP contribution in [0.3, 0.4) is 0 Å². The molecular formula is C12H26N2. The third-order valence-electron chi connectivity index (χ3n) is 3.09. The molecule has 1 fully saturated rings. The van der Waals surface area contributed by atoms with Crippen LogP contribution >= 0.6 is 0 Å². The minimum atomic E-state index is 0.479. The summed E-state index contributed by atoms with van der Waals surface area (Å²) in [6.45, 7) is 10.8. The van der Waals surface area contributed by atoms with E-state index in [1.165, 1.54) is 38.9 Å². The smallest absolute Gasteiger partial charge is 0.0192 e. The van der Waals surface area contributed by atoms with Gasteiger partial charge in [-0.3, -0.25) is 0 Å². The Hall–Kier alpha value is -0.0800. The lowest BCUT2D eigenvalue weighted by Crippen LogP contribution is -2.45. The molecule has 2 heteroatoms. The molecule has 1 saturated heterocycles. The molecule has 14 heavy (non-hydrogen) atoms. The second kappa shape index (κ2) is 5.13. The highest BCUT2D eigenvalue weighted by Gasteiger charge is 2.19. The van der Waals surface area contributed by atoms with Gasteiger partial charge in [-0.2, -0.15) is 0 Å². The van der Waals surface area contributed by atoms with Gasteiger partial charge in [0.25, 0.3) is 0 Å². The van der Waals surface area contributed by atoms with Gasteiger partial charge < -0.3 is 10.2 Å². The third-order valence-corrected chi connectivity index (χ3v) is 3.09. The van der Waals surface area contributed by atoms with Crippen LogP contribution in [0.1, 0.15) is 40.0 Å². The predicted molar refractivity (Wildman–Crippen MR) is 62.6 cm³/mol. The molecule has 1 atom stereocenters. The Bertz CT molecular complexity index is 160. The maximum absolute atomic E-state index is 3.39. The Balaban J connectivity index is 2.24. The van der Waals surface area contributed by atoms with Crippen molar-refractivity contribution in [2.45, 2.75) is 46.1 Å². The van der Waals surface area contributed by atoms with E-state index in [1.807, 2.05) is 0 Å². The first-order chi connectivity index (χ1) is 6.51. The first kappa shape index (κ1) is 12.0. The fraction of sp³-hybridized carbons (Fsp3) is 1.00. The second-order valence-corrected chi connectivity index (χ2v) is 5.74. The minimum absolute atomic E-state index is 0.479. The monoisotopic (exact) mass is 198 g/mol. The Kier molecular flexibility index (Phi) is 4.39. The predicted octanol–water partition coefficient (Wildman–Crippen LogP) is 2.11. The van der Waals surface area contributed by atoms with Crippen LogP contribution in [0.15, 0.2) is 0 Å². The van der Waals surface area contributed by atoms with Crippen molar-refractivity contribution in [2.24, 2.45) is 5.41 Å². The summed E-state index contributed by atoms with van der Waals surface area (Å²) < 4.78 is 0. The average molecular weight is 198 g/mol. The molecule has 0 radical (unpaired) electrons. The van der Waals surface area contributed by atoms with E-state index in [1.54, 1.807) is 0 Å². The van der Waals surface area contributed by atoms with E-state index in [4.69, 9.17) is 0 Å². The SMILES string of the molecule is CNC1CCCN(CCC(C)(C)C)C1. The van der Waals surface area contributed by atoms with Crippen LogP contribution in [0.5, 0.6) is 0 Å². The fourth-order valence-electron chi connectivity index (χ4n) is 1.99. The lowest BCUT2D eigenvalue weighted by Gasteiger charge is -2.34. The number of piperidine rings is 1. The van der Waals surface area contributed by atoms with Crippen LogP contribution in [0.4, 0.5) is 0 Å². The van der Waals surface area contributed by atoms with Crippen molar-refractivity contribution < 1.29 is 0 Å². The maximum atomic E-state index is 3.39. The van der Waals surface area contributed by atoms with Gasteiger partial charge in [-0.15, -0.1) is 0 Å². The van der Waals surface area contributed by atoms with E-state index in [9.17, 15) is 0 Å². The molecule has 1 rings (SSSR count). The lowest BCUT2D eigenvalue weighted by atomic mass is 9.91. The molecule has 1 N–H and O–H groups in total. The van der Waals surface area contributed by atoms with Crippen molar-refractivity contribution in [2.75, 3.05) is 26.7 Å². The van der Waals surface area contributed by atoms with Crippen LogP contribution in [-0.4, -0.2) is 37.6 Å². The molecule has 0 spiro atoms. The van der Waals surface area contributed by atoms with Crippen molar-refractivity contribution >= 4 is 0 Å². The number of likely N-dealkylation sites (N-methyl/N-ethyl adjacent to an activating group) is 1. The number of nitrogens with one attached hydrogen (secondary N) is 1. The third kappa shape index (κ3) is 4.43. The highest BCUT2D eigenvalue weighted by atomic mass is 15.2. The molecular weight excluding hydrogens is 172 g/mol. The molecule has 0 amide bonds. The van der Waals surface area contributed by atoms with Crippen LogP contribution in [-0.2, 0) is 0 Å². The zero-order chi connectivity index (χ0) is 10.6. The van der Waals surface area contributed by atoms with E-state index in [2.05, 4.69) is 38.0 Å². The summed E-state index contributed by atoms with van der Waals surface area (Å²) in [5.74, 6) is 0. The maximum Gasteiger partial charge on any atom is 0.0192 e. The number of likely N-dealkylation sites (tertiary alicyclic amines) is 1. The molecule has 0 aromatic rings. The average Bonchev–Trinajstić information content (AvgIpc) is 2.14. The van der Waals surface area contributed by atoms with Crippen molar-refractivity contribution in [3.05, 3.63) is 0 Å². The molecule has 1 aliphatic heterocycles. The quantitative estimate of drug-likeness (QED) is 0.747. The normalized spacial score (nSPS) is 25.3. The van der Waals surface area contributed by atoms with Gasteiger partial charge >= 0.3 is 0 Å². The first-order valence-electron chi connectivity index (χ1n) is 5.91. The number of rotatable bonds is 3. The van der Waals surface area contributed by atoms with Crippen LogP contribution < -0.4 is 5.32 Å². The lowest BCUT2D eigenvalue weighted by molar-refractivity contribution is 0.172. The molecule has 0 aliphatic carbocycles. The second-order valence-electron chi connectivity index (χ2n) is 5.74. The molecule has 0 aromatic carbocycles. The Morgan fingerprint density at radius 1 is 1.36 bits per heavy atom. The highest BCUT2D eigenvalue weighted by Crippen LogP contribution is 2.20. The van der Waals surface area contributed by atoms with Gasteiger partial charge in [-0.1, -0.05) is 20.8 Å². The first-order valence-corrected chi connectivity index (χ1v) is 5.91. The van der Waals surface area contributed by atoms with Crippen LogP contribution in [0.25, 0.3) is 0 Å². The van der Waals surface area contributed by atoms with Gasteiger partial charge in [0.1, 0.15) is 0 Å². The summed E-state index contributed by atoms with van der Waals surface area (Å²) in [7, 11) is 2.08. The van der Waals surface area contributed by atoms with Crippen molar-refractivity contribution in [1.82, 2.24) is 10.2 Å². The standard InChI is InChI=1S/C12H26N2/c1-12(2,3)7-9-14-8-5-6-11(10-14)13-4/h11,13H,5-10H2,1-4H3. The molecule has 0 bridgehead atoms. The minimum Gasteiger partial charge on any atom is -0.316 e. The summed E-state index contributed by atoms with van der Waals surface area (Å²) in [6, 6.07) is 0.726. The number of nitrogens with zero attached hydrogens (tertiary/aromatic N) is 1. The van der Waals surface area contributed by atoms with Crippen LogP contribution in [0.2, 0.25) is 0 Å². The molecule has 2 nitrogen and oxygen atoms in total. The molecule has 0 saturated carbocycles. The summed E-state index contributed by atoms with van der Waals surface area (Å²) in [5, 5.41) is 3.39. The van der Waals surface area contributed by atoms with Crippen LogP contribution in [0, 0.1) is 5.41 Å². The van der Waals surface area contributed by atoms with Crippen molar-refractivity contribution in [3.8, 4) is 0 Å². The highest BCUT2D eigenvalue weighted by molar-refractivity contribution is 4.77. The molecule has 1 heterocycles. The van der Waals surface area contributed by atoms with Gasteiger partial charge in [0.05, 0.1) is 0 Å². The topological polar surface area (TPSA) is 15.3 Å². The number of hydrogen-bond donors (Lipinski definition) is 1. The van der Waals surface area contributed by atoms with Gasteiger partial charge in [-0.05, 0) is 44.8 Å². The molecule has 0 aromatic heterocycles.